The van der Waals surface area contributed by atoms with E-state index in [-0.39, 0.29) is 0 Å². The van der Waals surface area contributed by atoms with Gasteiger partial charge in [0.25, 0.3) is 0 Å². The summed E-state index contributed by atoms with van der Waals surface area (Å²) in [4.78, 5) is 12.9. The van der Waals surface area contributed by atoms with Crippen LogP contribution in [-0.2, 0) is 9.53 Å². The Morgan fingerprint density at radius 3 is 3.10 bits per heavy atom. The van der Waals surface area contributed by atoms with Gasteiger partial charge in [-0.15, -0.1) is 0 Å². The molecule has 5 heteroatoms. The number of aliphatic carboxylic acids is 1. The second-order valence-corrected chi connectivity index (χ2v) is 5.31. The van der Waals surface area contributed by atoms with Crippen LogP contribution >= 0.6 is 11.6 Å². The fourth-order valence-electron chi connectivity index (χ4n) is 2.54. The standard InChI is InChI=1S/C15H18ClNO3/c1-20-10-11-7-8-17(9-11)14-4-2-3-13(16)12(14)5-6-15(18)19/h2-6,11H,7-10H2,1H3,(H,18,19). The molecule has 1 atom stereocenters. The molecule has 1 aliphatic rings. The van der Waals surface area contributed by atoms with Crippen molar-refractivity contribution < 1.29 is 14.6 Å². The number of methoxy groups -OCH3 is 1. The Bertz CT molecular complexity index is 516. The van der Waals surface area contributed by atoms with Crippen LogP contribution in [0.2, 0.25) is 5.02 Å². The van der Waals surface area contributed by atoms with Crippen LogP contribution in [0.5, 0.6) is 0 Å². The largest absolute Gasteiger partial charge is 0.478 e. The number of hydrogen-bond donors (Lipinski definition) is 1. The molecule has 0 aromatic heterocycles. The maximum atomic E-state index is 10.7. The minimum Gasteiger partial charge on any atom is -0.478 e. The number of anilines is 1. The highest BCUT2D eigenvalue weighted by molar-refractivity contribution is 6.32. The van der Waals surface area contributed by atoms with E-state index in [4.69, 9.17) is 21.4 Å². The van der Waals surface area contributed by atoms with Crippen LogP contribution in [0.3, 0.4) is 0 Å². The zero-order valence-electron chi connectivity index (χ0n) is 11.4. The summed E-state index contributed by atoms with van der Waals surface area (Å²) < 4.78 is 5.20. The van der Waals surface area contributed by atoms with Gasteiger partial charge in [0.05, 0.1) is 6.61 Å². The lowest BCUT2D eigenvalue weighted by molar-refractivity contribution is -0.131. The average Bonchev–Trinajstić information content (AvgIpc) is 2.86. The Labute approximate surface area is 123 Å². The van der Waals surface area contributed by atoms with Crippen molar-refractivity contribution in [2.75, 3.05) is 31.7 Å². The molecule has 1 aromatic carbocycles. The van der Waals surface area contributed by atoms with Crippen molar-refractivity contribution in [2.24, 2.45) is 5.92 Å². The van der Waals surface area contributed by atoms with Gasteiger partial charge in [0, 0.05) is 48.5 Å². The monoisotopic (exact) mass is 295 g/mol. The molecule has 20 heavy (non-hydrogen) atoms. The lowest BCUT2D eigenvalue weighted by Crippen LogP contribution is -2.21. The van der Waals surface area contributed by atoms with Crippen LogP contribution in [0.25, 0.3) is 6.08 Å². The third kappa shape index (κ3) is 3.52. The molecule has 0 amide bonds. The van der Waals surface area contributed by atoms with Crippen molar-refractivity contribution in [1.29, 1.82) is 0 Å². The topological polar surface area (TPSA) is 49.8 Å². The molecule has 1 aromatic rings. The second-order valence-electron chi connectivity index (χ2n) is 4.90. The van der Waals surface area contributed by atoms with Crippen molar-refractivity contribution in [3.8, 4) is 0 Å². The number of hydrogen-bond acceptors (Lipinski definition) is 3. The van der Waals surface area contributed by atoms with Gasteiger partial charge in [0.2, 0.25) is 0 Å². The Kier molecular flexibility index (Phi) is 5.04. The Morgan fingerprint density at radius 1 is 1.60 bits per heavy atom. The molecule has 1 N–H and O–H groups in total. The van der Waals surface area contributed by atoms with Crippen LogP contribution in [0, 0.1) is 5.92 Å². The van der Waals surface area contributed by atoms with Gasteiger partial charge in [-0.3, -0.25) is 0 Å². The first-order valence-corrected chi connectivity index (χ1v) is 6.93. The van der Waals surface area contributed by atoms with Crippen molar-refractivity contribution in [2.45, 2.75) is 6.42 Å². The first-order valence-electron chi connectivity index (χ1n) is 6.55. The molecule has 1 heterocycles. The third-order valence-electron chi connectivity index (χ3n) is 3.45. The number of rotatable bonds is 5. The summed E-state index contributed by atoms with van der Waals surface area (Å²) in [5, 5.41) is 9.34. The van der Waals surface area contributed by atoms with Gasteiger partial charge in [-0.2, -0.15) is 0 Å². The predicted octanol–water partition coefficient (Wildman–Crippen LogP) is 2.91. The summed E-state index contributed by atoms with van der Waals surface area (Å²) in [6.07, 6.45) is 3.75. The van der Waals surface area contributed by atoms with Gasteiger partial charge in [0.1, 0.15) is 0 Å². The third-order valence-corrected chi connectivity index (χ3v) is 3.78. The van der Waals surface area contributed by atoms with Crippen LogP contribution in [0.4, 0.5) is 5.69 Å². The molecule has 0 spiro atoms. The zero-order chi connectivity index (χ0) is 14.5. The normalized spacial score (nSPS) is 18.9. The van der Waals surface area contributed by atoms with E-state index in [0.29, 0.717) is 10.9 Å². The van der Waals surface area contributed by atoms with E-state index in [1.165, 1.54) is 0 Å². The minimum atomic E-state index is -0.977. The van der Waals surface area contributed by atoms with Gasteiger partial charge in [0.15, 0.2) is 0 Å². The molecule has 0 radical (unpaired) electrons. The highest BCUT2D eigenvalue weighted by atomic mass is 35.5. The Hall–Kier alpha value is -1.52. The predicted molar refractivity (Wildman–Crippen MR) is 80.3 cm³/mol. The first kappa shape index (κ1) is 14.9. The molecule has 0 bridgehead atoms. The number of carboxylic acid groups (broad SMARTS) is 1. The van der Waals surface area contributed by atoms with Gasteiger partial charge in [-0.25, -0.2) is 4.79 Å². The molecule has 1 fully saturated rings. The molecule has 1 saturated heterocycles. The summed E-state index contributed by atoms with van der Waals surface area (Å²) in [6, 6.07) is 5.64. The molecule has 108 valence electrons. The highest BCUT2D eigenvalue weighted by Gasteiger charge is 2.24. The summed E-state index contributed by atoms with van der Waals surface area (Å²) >= 11 is 6.19. The highest BCUT2D eigenvalue weighted by Crippen LogP contribution is 2.32. The number of nitrogens with zero attached hydrogens (tertiary/aromatic N) is 1. The number of benzene rings is 1. The molecule has 0 saturated carbocycles. The molecule has 1 unspecified atom stereocenters. The summed E-state index contributed by atoms with van der Waals surface area (Å²) in [5.74, 6) is -0.468. The second kappa shape index (κ2) is 6.77. The van der Waals surface area contributed by atoms with Crippen LogP contribution in [0.15, 0.2) is 24.3 Å². The zero-order valence-corrected chi connectivity index (χ0v) is 12.1. The minimum absolute atomic E-state index is 0.510. The number of ether oxygens (including phenoxy) is 1. The van der Waals surface area contributed by atoms with E-state index in [1.54, 1.807) is 19.3 Å². The summed E-state index contributed by atoms with van der Waals surface area (Å²) in [5.41, 5.74) is 1.74. The van der Waals surface area contributed by atoms with Crippen molar-refractivity contribution in [3.63, 3.8) is 0 Å². The van der Waals surface area contributed by atoms with Crippen LogP contribution in [0.1, 0.15) is 12.0 Å². The fourth-order valence-corrected chi connectivity index (χ4v) is 2.78. The maximum Gasteiger partial charge on any atom is 0.328 e. The fraction of sp³-hybridized carbons (Fsp3) is 0.400. The molecular formula is C15H18ClNO3. The number of halogens is 1. The molecule has 2 rings (SSSR count). The van der Waals surface area contributed by atoms with Crippen molar-refractivity contribution >= 4 is 29.3 Å². The van der Waals surface area contributed by atoms with E-state index >= 15 is 0 Å². The molecular weight excluding hydrogens is 278 g/mol. The smallest absolute Gasteiger partial charge is 0.328 e. The molecule has 0 aliphatic carbocycles. The average molecular weight is 296 g/mol. The van der Waals surface area contributed by atoms with Crippen LogP contribution < -0.4 is 4.90 Å². The lowest BCUT2D eigenvalue weighted by Gasteiger charge is -2.21. The Morgan fingerprint density at radius 2 is 2.40 bits per heavy atom. The van der Waals surface area contributed by atoms with Crippen molar-refractivity contribution in [3.05, 3.63) is 34.9 Å². The van der Waals surface area contributed by atoms with Gasteiger partial charge < -0.3 is 14.7 Å². The lowest BCUT2D eigenvalue weighted by atomic mass is 10.1. The SMILES string of the molecule is COCC1CCN(c2cccc(Cl)c2C=CC(=O)O)C1. The van der Waals surface area contributed by atoms with E-state index in [9.17, 15) is 4.79 Å². The first-order chi connectivity index (χ1) is 9.61. The van der Waals surface area contributed by atoms with E-state index in [1.807, 2.05) is 12.1 Å². The molecule has 4 nitrogen and oxygen atoms in total. The maximum absolute atomic E-state index is 10.7. The van der Waals surface area contributed by atoms with E-state index in [2.05, 4.69) is 4.90 Å². The van der Waals surface area contributed by atoms with Crippen LogP contribution in [-0.4, -0.2) is 37.9 Å². The van der Waals surface area contributed by atoms with E-state index < -0.39 is 5.97 Å². The number of carboxylic acids is 1. The van der Waals surface area contributed by atoms with Gasteiger partial charge in [-0.1, -0.05) is 17.7 Å². The van der Waals surface area contributed by atoms with E-state index in [0.717, 1.165) is 43.4 Å². The van der Waals surface area contributed by atoms with Gasteiger partial charge >= 0.3 is 5.97 Å². The number of carbonyl (C=O) groups is 1. The molecule has 1 aliphatic heterocycles. The summed E-state index contributed by atoms with van der Waals surface area (Å²) in [6.45, 7) is 2.59. The van der Waals surface area contributed by atoms with Gasteiger partial charge in [-0.05, 0) is 24.6 Å². The quantitative estimate of drug-likeness (QED) is 0.849. The summed E-state index contributed by atoms with van der Waals surface area (Å²) in [7, 11) is 1.71. The Balaban J connectivity index is 2.23. The van der Waals surface area contributed by atoms with Crippen molar-refractivity contribution in [1.82, 2.24) is 0 Å².